The summed E-state index contributed by atoms with van der Waals surface area (Å²) in [4.78, 5) is 8.75. The molecular weight excluding hydrogens is 300 g/mol. The zero-order valence-corrected chi connectivity index (χ0v) is 13.6. The normalized spacial score (nSPS) is 10.2. The minimum absolute atomic E-state index is 0.582. The summed E-state index contributed by atoms with van der Waals surface area (Å²) in [6.07, 6.45) is 1.74. The highest BCUT2D eigenvalue weighted by Crippen LogP contribution is 2.18. The number of para-hydroxylation sites is 1. The number of methoxy groups -OCH3 is 1. The van der Waals surface area contributed by atoms with Crippen LogP contribution in [0.3, 0.4) is 0 Å². The van der Waals surface area contributed by atoms with E-state index in [2.05, 4.69) is 32.7 Å². The largest absolute Gasteiger partial charge is 0.496 e. The van der Waals surface area contributed by atoms with Gasteiger partial charge in [-0.05, 0) is 17.7 Å². The van der Waals surface area contributed by atoms with Gasteiger partial charge in [-0.1, -0.05) is 48.5 Å². The van der Waals surface area contributed by atoms with Gasteiger partial charge in [0.2, 0.25) is 5.95 Å². The molecule has 5 nitrogen and oxygen atoms in total. The fourth-order valence-corrected chi connectivity index (χ4v) is 2.35. The highest BCUT2D eigenvalue weighted by Gasteiger charge is 2.03. The number of hydrogen-bond donors (Lipinski definition) is 2. The maximum absolute atomic E-state index is 5.35. The molecule has 0 atom stereocenters. The molecule has 2 aromatic carbocycles. The van der Waals surface area contributed by atoms with Crippen LogP contribution in [-0.2, 0) is 13.1 Å². The third-order valence-electron chi connectivity index (χ3n) is 3.60. The Balaban J connectivity index is 1.61. The van der Waals surface area contributed by atoms with Gasteiger partial charge in [0.25, 0.3) is 0 Å². The molecule has 0 saturated heterocycles. The summed E-state index contributed by atoms with van der Waals surface area (Å²) in [5, 5.41) is 6.54. The van der Waals surface area contributed by atoms with Crippen LogP contribution < -0.4 is 15.4 Å². The number of anilines is 2. The monoisotopic (exact) mass is 320 g/mol. The van der Waals surface area contributed by atoms with Gasteiger partial charge < -0.3 is 15.4 Å². The molecule has 0 bridgehead atoms. The Kier molecular flexibility index (Phi) is 5.24. The maximum atomic E-state index is 5.35. The maximum Gasteiger partial charge on any atom is 0.224 e. The topological polar surface area (TPSA) is 59.1 Å². The minimum Gasteiger partial charge on any atom is -0.496 e. The highest BCUT2D eigenvalue weighted by atomic mass is 16.5. The van der Waals surface area contributed by atoms with Crippen molar-refractivity contribution in [1.29, 1.82) is 0 Å². The quantitative estimate of drug-likeness (QED) is 0.695. The van der Waals surface area contributed by atoms with E-state index in [-0.39, 0.29) is 0 Å². The summed E-state index contributed by atoms with van der Waals surface area (Å²) in [6, 6.07) is 20.0. The Morgan fingerprint density at radius 2 is 1.67 bits per heavy atom. The molecule has 5 heteroatoms. The van der Waals surface area contributed by atoms with Gasteiger partial charge in [-0.25, -0.2) is 4.98 Å². The molecule has 0 spiro atoms. The van der Waals surface area contributed by atoms with Crippen LogP contribution in [0.1, 0.15) is 11.1 Å². The first-order valence-electron chi connectivity index (χ1n) is 7.82. The lowest BCUT2D eigenvalue weighted by Gasteiger charge is -2.10. The van der Waals surface area contributed by atoms with E-state index in [0.29, 0.717) is 12.5 Å². The number of nitrogens with one attached hydrogen (secondary N) is 2. The molecule has 122 valence electrons. The van der Waals surface area contributed by atoms with E-state index < -0.39 is 0 Å². The SMILES string of the molecule is COc1ccccc1CNc1nccc(NCc2ccccc2)n1. The van der Waals surface area contributed by atoms with E-state index in [1.54, 1.807) is 13.3 Å². The number of aromatic nitrogens is 2. The van der Waals surface area contributed by atoms with Crippen molar-refractivity contribution in [2.75, 3.05) is 17.7 Å². The predicted molar refractivity (Wildman–Crippen MR) is 96.1 cm³/mol. The molecule has 1 aromatic heterocycles. The number of nitrogens with zero attached hydrogens (tertiary/aromatic N) is 2. The molecule has 3 aromatic rings. The molecule has 0 radical (unpaired) electrons. The predicted octanol–water partition coefficient (Wildman–Crippen LogP) is 3.71. The molecule has 0 aliphatic heterocycles. The van der Waals surface area contributed by atoms with Crippen molar-refractivity contribution in [1.82, 2.24) is 9.97 Å². The van der Waals surface area contributed by atoms with E-state index in [1.165, 1.54) is 5.56 Å². The second kappa shape index (κ2) is 7.97. The van der Waals surface area contributed by atoms with Gasteiger partial charge in [0.05, 0.1) is 7.11 Å². The first kappa shape index (κ1) is 15.8. The van der Waals surface area contributed by atoms with Crippen LogP contribution in [0.5, 0.6) is 5.75 Å². The molecule has 1 heterocycles. The molecule has 0 saturated carbocycles. The fraction of sp³-hybridized carbons (Fsp3) is 0.158. The lowest BCUT2D eigenvalue weighted by Crippen LogP contribution is -2.07. The molecule has 0 amide bonds. The first-order valence-corrected chi connectivity index (χ1v) is 7.82. The van der Waals surface area contributed by atoms with Crippen LogP contribution >= 0.6 is 0 Å². The number of ether oxygens (including phenoxy) is 1. The van der Waals surface area contributed by atoms with Crippen LogP contribution in [0.2, 0.25) is 0 Å². The van der Waals surface area contributed by atoms with Gasteiger partial charge in [-0.2, -0.15) is 4.98 Å². The summed E-state index contributed by atoms with van der Waals surface area (Å²) in [6.45, 7) is 1.33. The van der Waals surface area contributed by atoms with Crippen molar-refractivity contribution in [3.05, 3.63) is 78.0 Å². The van der Waals surface area contributed by atoms with Crippen molar-refractivity contribution >= 4 is 11.8 Å². The Morgan fingerprint density at radius 1 is 0.875 bits per heavy atom. The Labute approximate surface area is 141 Å². The molecule has 0 unspecified atom stereocenters. The van der Waals surface area contributed by atoms with Crippen LogP contribution in [0.25, 0.3) is 0 Å². The Bertz CT molecular complexity index is 777. The van der Waals surface area contributed by atoms with E-state index in [4.69, 9.17) is 4.74 Å². The summed E-state index contributed by atoms with van der Waals surface area (Å²) < 4.78 is 5.35. The van der Waals surface area contributed by atoms with E-state index >= 15 is 0 Å². The second-order valence-electron chi connectivity index (χ2n) is 5.27. The summed E-state index contributed by atoms with van der Waals surface area (Å²) in [5.74, 6) is 2.22. The van der Waals surface area contributed by atoms with E-state index in [9.17, 15) is 0 Å². The van der Waals surface area contributed by atoms with Gasteiger partial charge in [-0.3, -0.25) is 0 Å². The summed E-state index contributed by atoms with van der Waals surface area (Å²) in [5.41, 5.74) is 2.27. The van der Waals surface area contributed by atoms with Gasteiger partial charge in [0.15, 0.2) is 0 Å². The molecular formula is C19H20N4O. The van der Waals surface area contributed by atoms with Crippen LogP contribution in [0.15, 0.2) is 66.9 Å². The highest BCUT2D eigenvalue weighted by molar-refractivity contribution is 5.42. The average Bonchev–Trinajstić information content (AvgIpc) is 2.66. The minimum atomic E-state index is 0.582. The number of benzene rings is 2. The van der Waals surface area contributed by atoms with Gasteiger partial charge in [0.1, 0.15) is 11.6 Å². The van der Waals surface area contributed by atoms with Crippen LogP contribution in [-0.4, -0.2) is 17.1 Å². The Morgan fingerprint density at radius 3 is 2.50 bits per heavy atom. The molecule has 0 aliphatic rings. The second-order valence-corrected chi connectivity index (χ2v) is 5.27. The molecule has 0 fully saturated rings. The lowest BCUT2D eigenvalue weighted by molar-refractivity contribution is 0.410. The average molecular weight is 320 g/mol. The van der Waals surface area contributed by atoms with Crippen LogP contribution in [0, 0.1) is 0 Å². The molecule has 3 rings (SSSR count). The van der Waals surface area contributed by atoms with Crippen molar-refractivity contribution < 1.29 is 4.74 Å². The van der Waals surface area contributed by atoms with Crippen molar-refractivity contribution in [3.8, 4) is 5.75 Å². The number of rotatable bonds is 7. The van der Waals surface area contributed by atoms with Gasteiger partial charge in [-0.15, -0.1) is 0 Å². The van der Waals surface area contributed by atoms with Crippen molar-refractivity contribution in [2.24, 2.45) is 0 Å². The van der Waals surface area contributed by atoms with E-state index in [0.717, 1.165) is 23.7 Å². The standard InChI is InChI=1S/C19H20N4O/c1-24-17-10-6-5-9-16(17)14-22-19-20-12-11-18(23-19)21-13-15-7-3-2-4-8-15/h2-12H,13-14H2,1H3,(H2,20,21,22,23). The molecule has 24 heavy (non-hydrogen) atoms. The zero-order chi connectivity index (χ0) is 16.6. The van der Waals surface area contributed by atoms with Crippen molar-refractivity contribution in [3.63, 3.8) is 0 Å². The molecule has 2 N–H and O–H groups in total. The van der Waals surface area contributed by atoms with Gasteiger partial charge in [0, 0.05) is 24.8 Å². The van der Waals surface area contributed by atoms with E-state index in [1.807, 2.05) is 48.5 Å². The lowest BCUT2D eigenvalue weighted by atomic mass is 10.2. The summed E-state index contributed by atoms with van der Waals surface area (Å²) >= 11 is 0. The molecule has 0 aliphatic carbocycles. The van der Waals surface area contributed by atoms with Gasteiger partial charge >= 0.3 is 0 Å². The Hall–Kier alpha value is -3.08. The third kappa shape index (κ3) is 4.23. The van der Waals surface area contributed by atoms with Crippen LogP contribution in [0.4, 0.5) is 11.8 Å². The fourth-order valence-electron chi connectivity index (χ4n) is 2.35. The zero-order valence-electron chi connectivity index (χ0n) is 13.6. The smallest absolute Gasteiger partial charge is 0.224 e. The van der Waals surface area contributed by atoms with Crippen molar-refractivity contribution in [2.45, 2.75) is 13.1 Å². The number of hydrogen-bond acceptors (Lipinski definition) is 5. The third-order valence-corrected chi connectivity index (χ3v) is 3.60. The summed E-state index contributed by atoms with van der Waals surface area (Å²) in [7, 11) is 1.67. The first-order chi connectivity index (χ1) is 11.8.